The number of thiophene rings is 1. The van der Waals surface area contributed by atoms with Gasteiger partial charge in [0.1, 0.15) is 0 Å². The number of carboxylic acids is 1. The van der Waals surface area contributed by atoms with Crippen LogP contribution in [-0.4, -0.2) is 17.0 Å². The Hall–Kier alpha value is -3.12. The van der Waals surface area contributed by atoms with Gasteiger partial charge in [0.2, 0.25) is 0 Å². The van der Waals surface area contributed by atoms with Crippen LogP contribution in [0.15, 0.2) is 48.5 Å². The lowest BCUT2D eigenvalue weighted by Gasteiger charge is -2.13. The van der Waals surface area contributed by atoms with E-state index >= 15 is 0 Å². The highest BCUT2D eigenvalue weighted by Crippen LogP contribution is 2.36. The van der Waals surface area contributed by atoms with Crippen LogP contribution in [0.1, 0.15) is 55.1 Å². The molecule has 1 heterocycles. The van der Waals surface area contributed by atoms with Gasteiger partial charge < -0.3 is 16.2 Å². The van der Waals surface area contributed by atoms with Gasteiger partial charge in [0.15, 0.2) is 0 Å². The molecule has 0 fully saturated rings. The monoisotopic (exact) mass is 420 g/mol. The zero-order valence-electron chi connectivity index (χ0n) is 16.6. The van der Waals surface area contributed by atoms with Crippen molar-refractivity contribution >= 4 is 33.9 Å². The lowest BCUT2D eigenvalue weighted by atomic mass is 9.95. The topological polar surface area (TPSA) is 92.4 Å². The predicted molar refractivity (Wildman–Crippen MR) is 121 cm³/mol. The van der Waals surface area contributed by atoms with Crippen molar-refractivity contribution in [2.45, 2.75) is 38.5 Å². The van der Waals surface area contributed by atoms with Crippen molar-refractivity contribution in [3.8, 4) is 0 Å². The lowest BCUT2D eigenvalue weighted by molar-refractivity contribution is 0.0696. The number of aromatic carboxylic acids is 1. The Balaban J connectivity index is 1.37. The number of aryl methyl sites for hydroxylation is 3. The van der Waals surface area contributed by atoms with Crippen LogP contribution in [0.5, 0.6) is 0 Å². The van der Waals surface area contributed by atoms with Crippen molar-refractivity contribution in [2.75, 3.05) is 11.1 Å². The number of nitrogen functional groups attached to an aromatic ring is 1. The van der Waals surface area contributed by atoms with Gasteiger partial charge in [0.25, 0.3) is 5.91 Å². The highest BCUT2D eigenvalue weighted by molar-refractivity contribution is 7.16. The van der Waals surface area contributed by atoms with Crippen molar-refractivity contribution in [3.05, 3.63) is 81.2 Å². The molecule has 2 aromatic carbocycles. The summed E-state index contributed by atoms with van der Waals surface area (Å²) in [7, 11) is 0. The van der Waals surface area contributed by atoms with Crippen molar-refractivity contribution in [1.82, 2.24) is 0 Å². The first-order chi connectivity index (χ1) is 14.5. The van der Waals surface area contributed by atoms with Crippen LogP contribution in [0.3, 0.4) is 0 Å². The molecule has 0 saturated carbocycles. The summed E-state index contributed by atoms with van der Waals surface area (Å²) in [6.07, 6.45) is 5.88. The highest BCUT2D eigenvalue weighted by Gasteiger charge is 2.24. The maximum absolute atomic E-state index is 12.8. The van der Waals surface area contributed by atoms with E-state index in [0.29, 0.717) is 16.1 Å². The molecule has 0 spiro atoms. The SMILES string of the molecule is Nc1sc2c(c1C(=O)Nc1ccc(CCc3ccc(C(=O)O)cc3)cc1)CCCC2. The number of hydrogen-bond acceptors (Lipinski definition) is 4. The molecule has 4 N–H and O–H groups in total. The van der Waals surface area contributed by atoms with Crippen LogP contribution >= 0.6 is 11.3 Å². The Morgan fingerprint density at radius 1 is 0.933 bits per heavy atom. The van der Waals surface area contributed by atoms with Gasteiger partial charge in [-0.15, -0.1) is 11.3 Å². The third-order valence-electron chi connectivity index (χ3n) is 5.54. The minimum absolute atomic E-state index is 0.127. The van der Waals surface area contributed by atoms with Gasteiger partial charge in [0, 0.05) is 10.6 Å². The molecule has 3 aromatic rings. The van der Waals surface area contributed by atoms with Gasteiger partial charge in [-0.2, -0.15) is 0 Å². The molecule has 4 rings (SSSR count). The van der Waals surface area contributed by atoms with Crippen LogP contribution in [0.4, 0.5) is 10.7 Å². The van der Waals surface area contributed by atoms with Crippen LogP contribution in [0.25, 0.3) is 0 Å². The second-order valence-corrected chi connectivity index (χ2v) is 8.74. The minimum atomic E-state index is -0.913. The van der Waals surface area contributed by atoms with E-state index in [4.69, 9.17) is 10.8 Å². The fourth-order valence-electron chi connectivity index (χ4n) is 3.89. The number of anilines is 2. The lowest BCUT2D eigenvalue weighted by Crippen LogP contribution is -2.16. The molecule has 154 valence electrons. The number of carbonyl (C=O) groups is 2. The molecule has 1 aliphatic carbocycles. The molecule has 0 atom stereocenters. The average molecular weight is 421 g/mol. The van der Waals surface area contributed by atoms with Crippen LogP contribution < -0.4 is 11.1 Å². The summed E-state index contributed by atoms with van der Waals surface area (Å²) in [5, 5.41) is 12.6. The van der Waals surface area contributed by atoms with Crippen molar-refractivity contribution in [1.29, 1.82) is 0 Å². The van der Waals surface area contributed by atoms with Crippen molar-refractivity contribution in [3.63, 3.8) is 0 Å². The minimum Gasteiger partial charge on any atom is -0.478 e. The van der Waals surface area contributed by atoms with E-state index in [-0.39, 0.29) is 5.91 Å². The maximum Gasteiger partial charge on any atom is 0.335 e. The van der Waals surface area contributed by atoms with E-state index in [1.807, 2.05) is 36.4 Å². The molecular weight excluding hydrogens is 396 g/mol. The molecule has 6 heteroatoms. The van der Waals surface area contributed by atoms with Gasteiger partial charge in [0.05, 0.1) is 16.1 Å². The molecule has 30 heavy (non-hydrogen) atoms. The molecule has 0 bridgehead atoms. The number of nitrogens with one attached hydrogen (secondary N) is 1. The summed E-state index contributed by atoms with van der Waals surface area (Å²) in [6.45, 7) is 0. The van der Waals surface area contributed by atoms with E-state index in [1.165, 1.54) is 11.3 Å². The summed E-state index contributed by atoms with van der Waals surface area (Å²) in [5.74, 6) is -1.04. The first-order valence-corrected chi connectivity index (χ1v) is 11.0. The van der Waals surface area contributed by atoms with Gasteiger partial charge >= 0.3 is 5.97 Å². The maximum atomic E-state index is 12.8. The van der Waals surface area contributed by atoms with E-state index in [9.17, 15) is 9.59 Å². The highest BCUT2D eigenvalue weighted by atomic mass is 32.1. The number of carbonyl (C=O) groups excluding carboxylic acids is 1. The Bertz CT molecular complexity index is 1070. The number of carboxylic acid groups (broad SMARTS) is 1. The number of rotatable bonds is 6. The zero-order chi connectivity index (χ0) is 21.1. The summed E-state index contributed by atoms with van der Waals surface area (Å²) < 4.78 is 0. The molecule has 1 aliphatic rings. The molecule has 0 saturated heterocycles. The van der Waals surface area contributed by atoms with Gasteiger partial charge in [-0.25, -0.2) is 4.79 Å². The van der Waals surface area contributed by atoms with Crippen LogP contribution in [0, 0.1) is 0 Å². The molecule has 1 aromatic heterocycles. The molecular formula is C24H24N2O3S. The van der Waals surface area contributed by atoms with E-state index in [1.54, 1.807) is 23.5 Å². The second-order valence-electron chi connectivity index (χ2n) is 7.60. The largest absolute Gasteiger partial charge is 0.478 e. The van der Waals surface area contributed by atoms with Crippen molar-refractivity contribution < 1.29 is 14.7 Å². The number of hydrogen-bond donors (Lipinski definition) is 3. The van der Waals surface area contributed by atoms with Crippen LogP contribution in [-0.2, 0) is 25.7 Å². The quantitative estimate of drug-likeness (QED) is 0.526. The fraction of sp³-hybridized carbons (Fsp3) is 0.250. The average Bonchev–Trinajstić information content (AvgIpc) is 3.09. The number of benzene rings is 2. The molecule has 1 amide bonds. The Morgan fingerprint density at radius 2 is 1.53 bits per heavy atom. The summed E-state index contributed by atoms with van der Waals surface area (Å²) in [6, 6.07) is 14.8. The Kier molecular flexibility index (Phi) is 5.86. The number of fused-ring (bicyclic) bond motifs is 1. The Labute approximate surface area is 179 Å². The van der Waals surface area contributed by atoms with E-state index < -0.39 is 5.97 Å². The molecule has 0 radical (unpaired) electrons. The number of amides is 1. The summed E-state index contributed by atoms with van der Waals surface area (Å²) in [5.41, 5.74) is 11.2. The fourth-order valence-corrected chi connectivity index (χ4v) is 5.04. The van der Waals surface area contributed by atoms with E-state index in [2.05, 4.69) is 5.32 Å². The van der Waals surface area contributed by atoms with Gasteiger partial charge in [-0.05, 0) is 79.5 Å². The summed E-state index contributed by atoms with van der Waals surface area (Å²) >= 11 is 1.55. The first-order valence-electron chi connectivity index (χ1n) is 10.1. The summed E-state index contributed by atoms with van der Waals surface area (Å²) in [4.78, 5) is 25.0. The molecule has 0 unspecified atom stereocenters. The Morgan fingerprint density at radius 3 is 2.17 bits per heavy atom. The smallest absolute Gasteiger partial charge is 0.335 e. The molecule has 0 aliphatic heterocycles. The second kappa shape index (κ2) is 8.71. The zero-order valence-corrected chi connectivity index (χ0v) is 17.4. The van der Waals surface area contributed by atoms with Gasteiger partial charge in [-0.1, -0.05) is 24.3 Å². The van der Waals surface area contributed by atoms with Gasteiger partial charge in [-0.3, -0.25) is 4.79 Å². The normalized spacial score (nSPS) is 12.9. The third kappa shape index (κ3) is 4.39. The first kappa shape index (κ1) is 20.2. The third-order valence-corrected chi connectivity index (χ3v) is 6.66. The standard InChI is InChI=1S/C24H24N2O3S/c25-22-21(19-3-1-2-4-20(19)30-22)23(27)26-18-13-9-16(10-14-18)6-5-15-7-11-17(12-8-15)24(28)29/h7-14H,1-6,25H2,(H,26,27)(H,28,29). The van der Waals surface area contributed by atoms with Crippen LogP contribution in [0.2, 0.25) is 0 Å². The van der Waals surface area contributed by atoms with Crippen molar-refractivity contribution in [2.24, 2.45) is 0 Å². The number of nitrogens with two attached hydrogens (primary N) is 1. The predicted octanol–water partition coefficient (Wildman–Crippen LogP) is 4.94. The van der Waals surface area contributed by atoms with E-state index in [0.717, 1.165) is 54.5 Å². The molecule has 5 nitrogen and oxygen atoms in total.